The highest BCUT2D eigenvalue weighted by atomic mass is 16.5. The van der Waals surface area contributed by atoms with Crippen LogP contribution in [0.3, 0.4) is 0 Å². The zero-order valence-corrected chi connectivity index (χ0v) is 16.0. The predicted molar refractivity (Wildman–Crippen MR) is 109 cm³/mol. The number of hydrogen-bond acceptors (Lipinski definition) is 8. The normalized spacial score (nSPS) is 10.1. The highest BCUT2D eigenvalue weighted by molar-refractivity contribution is 5.96. The van der Waals surface area contributed by atoms with Gasteiger partial charge in [-0.2, -0.15) is 0 Å². The van der Waals surface area contributed by atoms with E-state index in [9.17, 15) is 9.59 Å². The number of anilines is 4. The summed E-state index contributed by atoms with van der Waals surface area (Å²) in [6, 6.07) is 15.5. The Kier molecular flexibility index (Phi) is 6.36. The fraction of sp³-hybridized carbons (Fsp3) is 0.143. The Balaban J connectivity index is 1.75. The van der Waals surface area contributed by atoms with Crippen molar-refractivity contribution in [3.05, 3.63) is 72.1 Å². The summed E-state index contributed by atoms with van der Waals surface area (Å²) in [4.78, 5) is 32.0. The molecule has 29 heavy (non-hydrogen) atoms. The first kappa shape index (κ1) is 19.8. The Morgan fingerprint density at radius 2 is 1.62 bits per heavy atom. The van der Waals surface area contributed by atoms with Crippen LogP contribution in [0.1, 0.15) is 27.6 Å². The number of nitrogens with one attached hydrogen (secondary N) is 2. The van der Waals surface area contributed by atoms with E-state index < -0.39 is 11.9 Å². The topological polar surface area (TPSA) is 102 Å². The molecule has 0 aliphatic heterocycles. The summed E-state index contributed by atoms with van der Waals surface area (Å²) in [5, 5.41) is 6.25. The lowest BCUT2D eigenvalue weighted by atomic mass is 10.2. The molecule has 8 nitrogen and oxygen atoms in total. The van der Waals surface area contributed by atoms with Crippen molar-refractivity contribution in [2.45, 2.75) is 6.92 Å². The highest BCUT2D eigenvalue weighted by Crippen LogP contribution is 2.23. The molecule has 0 aliphatic rings. The summed E-state index contributed by atoms with van der Waals surface area (Å²) < 4.78 is 9.77. The van der Waals surface area contributed by atoms with E-state index in [4.69, 9.17) is 4.74 Å². The van der Waals surface area contributed by atoms with E-state index in [2.05, 4.69) is 25.3 Å². The third-order valence-electron chi connectivity index (χ3n) is 3.93. The molecule has 8 heteroatoms. The molecule has 148 valence electrons. The molecule has 0 amide bonds. The molecule has 2 N–H and O–H groups in total. The third-order valence-corrected chi connectivity index (χ3v) is 3.93. The second-order valence-corrected chi connectivity index (χ2v) is 5.87. The summed E-state index contributed by atoms with van der Waals surface area (Å²) in [5.74, 6) is 0.242. The van der Waals surface area contributed by atoms with Crippen LogP contribution in [0.2, 0.25) is 0 Å². The molecule has 0 spiro atoms. The first-order valence-corrected chi connectivity index (χ1v) is 8.91. The first-order chi connectivity index (χ1) is 14.1. The minimum Gasteiger partial charge on any atom is -0.465 e. The van der Waals surface area contributed by atoms with E-state index in [1.807, 2.05) is 6.07 Å². The van der Waals surface area contributed by atoms with Crippen LogP contribution >= 0.6 is 0 Å². The lowest BCUT2D eigenvalue weighted by molar-refractivity contribution is 0.0526. The zero-order valence-electron chi connectivity index (χ0n) is 16.0. The molecular weight excluding hydrogens is 372 g/mol. The molecule has 3 aromatic rings. The van der Waals surface area contributed by atoms with Gasteiger partial charge in [-0.05, 0) is 43.3 Å². The van der Waals surface area contributed by atoms with Crippen molar-refractivity contribution in [1.29, 1.82) is 0 Å². The van der Waals surface area contributed by atoms with E-state index in [0.717, 1.165) is 5.69 Å². The van der Waals surface area contributed by atoms with Gasteiger partial charge in [0.05, 0.1) is 30.5 Å². The molecule has 0 radical (unpaired) electrons. The monoisotopic (exact) mass is 392 g/mol. The molecule has 0 atom stereocenters. The zero-order chi connectivity index (χ0) is 20.6. The van der Waals surface area contributed by atoms with Gasteiger partial charge < -0.3 is 20.1 Å². The van der Waals surface area contributed by atoms with Crippen molar-refractivity contribution >= 4 is 34.9 Å². The summed E-state index contributed by atoms with van der Waals surface area (Å²) in [5.41, 5.74) is 2.20. The van der Waals surface area contributed by atoms with Crippen LogP contribution in [-0.2, 0) is 9.47 Å². The molecule has 0 unspecified atom stereocenters. The SMILES string of the molecule is CCOC(=O)c1ccccc1Nc1cc(Nc2ccc(C(=O)OC)cc2)ncn1. The maximum Gasteiger partial charge on any atom is 0.340 e. The number of carbonyl (C=O) groups excluding carboxylic acids is 2. The number of methoxy groups -OCH3 is 1. The average Bonchev–Trinajstić information content (AvgIpc) is 2.74. The first-order valence-electron chi connectivity index (χ1n) is 8.91. The lowest BCUT2D eigenvalue weighted by Crippen LogP contribution is -2.08. The van der Waals surface area contributed by atoms with Gasteiger partial charge in [-0.1, -0.05) is 12.1 Å². The average molecular weight is 392 g/mol. The second kappa shape index (κ2) is 9.32. The maximum atomic E-state index is 12.1. The van der Waals surface area contributed by atoms with Crippen molar-refractivity contribution in [3.63, 3.8) is 0 Å². The summed E-state index contributed by atoms with van der Waals surface area (Å²) >= 11 is 0. The minimum atomic E-state index is -0.409. The fourth-order valence-corrected chi connectivity index (χ4v) is 2.57. The Morgan fingerprint density at radius 3 is 2.31 bits per heavy atom. The highest BCUT2D eigenvalue weighted by Gasteiger charge is 2.12. The van der Waals surface area contributed by atoms with Gasteiger partial charge >= 0.3 is 11.9 Å². The molecular formula is C21H20N4O4. The number of esters is 2. The van der Waals surface area contributed by atoms with E-state index in [1.54, 1.807) is 55.5 Å². The van der Waals surface area contributed by atoms with Crippen molar-refractivity contribution < 1.29 is 19.1 Å². The van der Waals surface area contributed by atoms with Crippen LogP contribution in [-0.4, -0.2) is 35.6 Å². The Labute approximate surface area is 167 Å². The number of benzene rings is 2. The van der Waals surface area contributed by atoms with E-state index >= 15 is 0 Å². The van der Waals surface area contributed by atoms with E-state index in [1.165, 1.54) is 13.4 Å². The molecule has 0 saturated heterocycles. The number of para-hydroxylation sites is 1. The smallest absolute Gasteiger partial charge is 0.340 e. The number of carbonyl (C=O) groups is 2. The molecule has 0 saturated carbocycles. The van der Waals surface area contributed by atoms with Gasteiger partial charge in [0, 0.05) is 11.8 Å². The van der Waals surface area contributed by atoms with Gasteiger partial charge in [-0.25, -0.2) is 19.6 Å². The molecule has 0 bridgehead atoms. The Morgan fingerprint density at radius 1 is 0.931 bits per heavy atom. The molecule has 1 heterocycles. The van der Waals surface area contributed by atoms with Crippen LogP contribution in [0.25, 0.3) is 0 Å². The van der Waals surface area contributed by atoms with Gasteiger partial charge in [0.15, 0.2) is 0 Å². The van der Waals surface area contributed by atoms with Gasteiger partial charge in [-0.3, -0.25) is 0 Å². The molecule has 0 aliphatic carbocycles. The Hall–Kier alpha value is -3.94. The minimum absolute atomic E-state index is 0.295. The number of aromatic nitrogens is 2. The summed E-state index contributed by atoms with van der Waals surface area (Å²) in [7, 11) is 1.34. The van der Waals surface area contributed by atoms with Crippen LogP contribution < -0.4 is 10.6 Å². The van der Waals surface area contributed by atoms with E-state index in [0.29, 0.717) is 35.1 Å². The van der Waals surface area contributed by atoms with Crippen LogP contribution in [0.4, 0.5) is 23.0 Å². The number of ether oxygens (including phenoxy) is 2. The van der Waals surface area contributed by atoms with Crippen molar-refractivity contribution in [1.82, 2.24) is 9.97 Å². The molecule has 0 fully saturated rings. The van der Waals surface area contributed by atoms with E-state index in [-0.39, 0.29) is 0 Å². The van der Waals surface area contributed by atoms with Crippen LogP contribution in [0, 0.1) is 0 Å². The number of hydrogen-bond donors (Lipinski definition) is 2. The standard InChI is InChI=1S/C21H20N4O4/c1-3-29-21(27)16-6-4-5-7-17(16)25-19-12-18(22-13-23-19)24-15-10-8-14(9-11-15)20(26)28-2/h4-13H,3H2,1-2H3,(H2,22,23,24,25). The molecule has 1 aromatic heterocycles. The van der Waals surface area contributed by atoms with Crippen molar-refractivity contribution in [2.75, 3.05) is 24.4 Å². The summed E-state index contributed by atoms with van der Waals surface area (Å²) in [6.45, 7) is 2.05. The van der Waals surface area contributed by atoms with Gasteiger partial charge in [0.1, 0.15) is 18.0 Å². The van der Waals surface area contributed by atoms with Gasteiger partial charge in [-0.15, -0.1) is 0 Å². The van der Waals surface area contributed by atoms with Crippen LogP contribution in [0.5, 0.6) is 0 Å². The van der Waals surface area contributed by atoms with Crippen LogP contribution in [0.15, 0.2) is 60.9 Å². The fourth-order valence-electron chi connectivity index (χ4n) is 2.57. The lowest BCUT2D eigenvalue weighted by Gasteiger charge is -2.12. The Bertz CT molecular complexity index is 1010. The van der Waals surface area contributed by atoms with Gasteiger partial charge in [0.2, 0.25) is 0 Å². The van der Waals surface area contributed by atoms with Gasteiger partial charge in [0.25, 0.3) is 0 Å². The van der Waals surface area contributed by atoms with Crippen molar-refractivity contribution in [2.24, 2.45) is 0 Å². The van der Waals surface area contributed by atoms with Crippen molar-refractivity contribution in [3.8, 4) is 0 Å². The summed E-state index contributed by atoms with van der Waals surface area (Å²) in [6.07, 6.45) is 1.40. The largest absolute Gasteiger partial charge is 0.465 e. The third kappa shape index (κ3) is 5.07. The quantitative estimate of drug-likeness (QED) is 0.583. The maximum absolute atomic E-state index is 12.1. The second-order valence-electron chi connectivity index (χ2n) is 5.87. The molecule has 2 aromatic carbocycles. The predicted octanol–water partition coefficient (Wildman–Crippen LogP) is 3.93. The number of nitrogens with zero attached hydrogens (tertiary/aromatic N) is 2. The number of rotatable bonds is 7. The molecule has 3 rings (SSSR count).